The number of nitrogens with zero attached hydrogens (tertiary/aromatic N) is 2. The summed E-state index contributed by atoms with van der Waals surface area (Å²) in [7, 11) is 0. The van der Waals surface area contributed by atoms with Gasteiger partial charge in [-0.25, -0.2) is 0 Å². The summed E-state index contributed by atoms with van der Waals surface area (Å²) >= 11 is 0. The molecule has 0 aliphatic heterocycles. The van der Waals surface area contributed by atoms with Gasteiger partial charge in [-0.1, -0.05) is 45.0 Å². The van der Waals surface area contributed by atoms with Crippen molar-refractivity contribution in [1.82, 2.24) is 9.78 Å². The molecule has 1 N–H and O–H groups in total. The Bertz CT molecular complexity index is 528. The van der Waals surface area contributed by atoms with E-state index >= 15 is 0 Å². The van der Waals surface area contributed by atoms with Crippen molar-refractivity contribution in [3.05, 3.63) is 53.3 Å². The number of aliphatic hydroxyl groups is 1. The van der Waals surface area contributed by atoms with Crippen LogP contribution < -0.4 is 0 Å². The molecule has 1 aromatic heterocycles. The largest absolute Gasteiger partial charge is 0.384 e. The molecule has 0 amide bonds. The van der Waals surface area contributed by atoms with E-state index in [4.69, 9.17) is 0 Å². The minimum Gasteiger partial charge on any atom is -0.384 e. The lowest BCUT2D eigenvalue weighted by molar-refractivity contribution is 0.220. The zero-order chi connectivity index (χ0) is 14.5. The van der Waals surface area contributed by atoms with Crippen molar-refractivity contribution in [3.8, 4) is 0 Å². The molecule has 1 atom stereocenters. The second kappa shape index (κ2) is 6.71. The van der Waals surface area contributed by atoms with Crippen LogP contribution in [0.5, 0.6) is 0 Å². The second-order valence-electron chi connectivity index (χ2n) is 5.78. The molecule has 0 aliphatic carbocycles. The van der Waals surface area contributed by atoms with Crippen LogP contribution in [0.25, 0.3) is 0 Å². The molecule has 0 spiro atoms. The third-order valence-electron chi connectivity index (χ3n) is 3.36. The Morgan fingerprint density at radius 3 is 2.45 bits per heavy atom. The van der Waals surface area contributed by atoms with Gasteiger partial charge in [0.15, 0.2) is 0 Å². The molecule has 3 heteroatoms. The van der Waals surface area contributed by atoms with Gasteiger partial charge in [0, 0.05) is 18.3 Å². The standard InChI is InChI=1S/C17H24N2O/c1-4-9-19-12-16(11-18-19)17(20)15-7-5-14(6-8-15)10-13(2)3/h5-8,11-13,17,20H,4,9-10H2,1-3H3. The SMILES string of the molecule is CCCn1cc(C(O)c2ccc(CC(C)C)cc2)cn1. The highest BCUT2D eigenvalue weighted by Gasteiger charge is 2.12. The fraction of sp³-hybridized carbons (Fsp3) is 0.471. The lowest BCUT2D eigenvalue weighted by Gasteiger charge is -2.10. The summed E-state index contributed by atoms with van der Waals surface area (Å²) < 4.78 is 1.88. The van der Waals surface area contributed by atoms with Crippen LogP contribution in [0, 0.1) is 5.92 Å². The van der Waals surface area contributed by atoms with Crippen molar-refractivity contribution in [3.63, 3.8) is 0 Å². The highest BCUT2D eigenvalue weighted by atomic mass is 16.3. The van der Waals surface area contributed by atoms with E-state index in [9.17, 15) is 5.11 Å². The minimum atomic E-state index is -0.589. The quantitative estimate of drug-likeness (QED) is 0.873. The maximum Gasteiger partial charge on any atom is 0.107 e. The lowest BCUT2D eigenvalue weighted by Crippen LogP contribution is -2.00. The van der Waals surface area contributed by atoms with Crippen molar-refractivity contribution in [2.75, 3.05) is 0 Å². The van der Waals surface area contributed by atoms with Crippen molar-refractivity contribution in [2.24, 2.45) is 5.92 Å². The van der Waals surface area contributed by atoms with Crippen LogP contribution in [0.15, 0.2) is 36.7 Å². The predicted molar refractivity (Wildman–Crippen MR) is 81.6 cm³/mol. The van der Waals surface area contributed by atoms with Crippen molar-refractivity contribution in [2.45, 2.75) is 46.3 Å². The first-order valence-corrected chi connectivity index (χ1v) is 7.39. The monoisotopic (exact) mass is 272 g/mol. The fourth-order valence-corrected chi connectivity index (χ4v) is 2.37. The molecule has 0 radical (unpaired) electrons. The Kier molecular flexibility index (Phi) is 4.96. The first-order chi connectivity index (χ1) is 9.60. The number of hydrogen-bond donors (Lipinski definition) is 1. The van der Waals surface area contributed by atoms with E-state index < -0.39 is 6.10 Å². The number of aryl methyl sites for hydroxylation is 1. The molecule has 1 unspecified atom stereocenters. The van der Waals surface area contributed by atoms with E-state index in [2.05, 4.69) is 38.0 Å². The number of benzene rings is 1. The molecule has 1 heterocycles. The zero-order valence-corrected chi connectivity index (χ0v) is 12.6. The van der Waals surface area contributed by atoms with Crippen LogP contribution in [-0.2, 0) is 13.0 Å². The van der Waals surface area contributed by atoms with E-state index in [1.54, 1.807) is 6.20 Å². The summed E-state index contributed by atoms with van der Waals surface area (Å²) in [5.74, 6) is 0.651. The average molecular weight is 272 g/mol. The molecule has 2 rings (SSSR count). The van der Waals surface area contributed by atoms with Gasteiger partial charge in [0.1, 0.15) is 6.10 Å². The third kappa shape index (κ3) is 3.70. The number of aliphatic hydroxyl groups excluding tert-OH is 1. The fourth-order valence-electron chi connectivity index (χ4n) is 2.37. The maximum atomic E-state index is 10.4. The van der Waals surface area contributed by atoms with Gasteiger partial charge in [-0.05, 0) is 29.9 Å². The Balaban J connectivity index is 2.09. The van der Waals surface area contributed by atoms with Crippen LogP contribution >= 0.6 is 0 Å². The molecule has 1 aromatic carbocycles. The van der Waals surface area contributed by atoms with E-state index in [1.807, 2.05) is 23.0 Å². The predicted octanol–water partition coefficient (Wildman–Crippen LogP) is 3.57. The van der Waals surface area contributed by atoms with Crippen LogP contribution in [0.2, 0.25) is 0 Å². The van der Waals surface area contributed by atoms with Crippen LogP contribution in [-0.4, -0.2) is 14.9 Å². The summed E-state index contributed by atoms with van der Waals surface area (Å²) in [6.45, 7) is 7.43. The molecule has 0 saturated carbocycles. The van der Waals surface area contributed by atoms with Crippen molar-refractivity contribution < 1.29 is 5.11 Å². The second-order valence-corrected chi connectivity index (χ2v) is 5.78. The van der Waals surface area contributed by atoms with Gasteiger partial charge < -0.3 is 5.11 Å². The highest BCUT2D eigenvalue weighted by molar-refractivity contribution is 5.30. The topological polar surface area (TPSA) is 38.0 Å². The highest BCUT2D eigenvalue weighted by Crippen LogP contribution is 2.22. The summed E-state index contributed by atoms with van der Waals surface area (Å²) in [6.07, 6.45) is 5.21. The van der Waals surface area contributed by atoms with Gasteiger partial charge >= 0.3 is 0 Å². The Morgan fingerprint density at radius 2 is 1.85 bits per heavy atom. The van der Waals surface area contributed by atoms with Gasteiger partial charge in [-0.3, -0.25) is 4.68 Å². The first kappa shape index (κ1) is 14.8. The molecule has 0 saturated heterocycles. The maximum absolute atomic E-state index is 10.4. The van der Waals surface area contributed by atoms with Gasteiger partial charge in [0.2, 0.25) is 0 Å². The Morgan fingerprint density at radius 1 is 1.15 bits per heavy atom. The molecule has 0 aliphatic rings. The average Bonchev–Trinajstić information content (AvgIpc) is 2.87. The smallest absolute Gasteiger partial charge is 0.107 e. The summed E-state index contributed by atoms with van der Waals surface area (Å²) in [5, 5.41) is 14.7. The molecule has 108 valence electrons. The molecular formula is C17H24N2O. The number of hydrogen-bond acceptors (Lipinski definition) is 2. The van der Waals surface area contributed by atoms with E-state index in [0.29, 0.717) is 5.92 Å². The van der Waals surface area contributed by atoms with Crippen LogP contribution in [0.1, 0.15) is 50.0 Å². The normalized spacial score (nSPS) is 12.8. The van der Waals surface area contributed by atoms with Crippen LogP contribution in [0.3, 0.4) is 0 Å². The molecule has 20 heavy (non-hydrogen) atoms. The summed E-state index contributed by atoms with van der Waals surface area (Å²) in [4.78, 5) is 0. The summed E-state index contributed by atoms with van der Waals surface area (Å²) in [6, 6.07) is 8.24. The lowest BCUT2D eigenvalue weighted by atomic mass is 9.99. The minimum absolute atomic E-state index is 0.589. The van der Waals surface area contributed by atoms with E-state index in [-0.39, 0.29) is 0 Å². The number of rotatable bonds is 6. The van der Waals surface area contributed by atoms with Crippen LogP contribution in [0.4, 0.5) is 0 Å². The van der Waals surface area contributed by atoms with Crippen molar-refractivity contribution in [1.29, 1.82) is 0 Å². The summed E-state index contributed by atoms with van der Waals surface area (Å²) in [5.41, 5.74) is 3.10. The molecular weight excluding hydrogens is 248 g/mol. The molecule has 3 nitrogen and oxygen atoms in total. The van der Waals surface area contributed by atoms with Crippen molar-refractivity contribution >= 4 is 0 Å². The molecule has 2 aromatic rings. The van der Waals surface area contributed by atoms with E-state index in [0.717, 1.165) is 30.5 Å². The molecule has 0 bridgehead atoms. The number of aromatic nitrogens is 2. The van der Waals surface area contributed by atoms with Gasteiger partial charge in [-0.15, -0.1) is 0 Å². The molecule has 0 fully saturated rings. The van der Waals surface area contributed by atoms with Gasteiger partial charge in [0.25, 0.3) is 0 Å². The Labute approximate surface area is 121 Å². The first-order valence-electron chi connectivity index (χ1n) is 7.39. The van der Waals surface area contributed by atoms with Gasteiger partial charge in [-0.2, -0.15) is 5.10 Å². The third-order valence-corrected chi connectivity index (χ3v) is 3.36. The van der Waals surface area contributed by atoms with E-state index in [1.165, 1.54) is 5.56 Å². The van der Waals surface area contributed by atoms with Gasteiger partial charge in [0.05, 0.1) is 6.20 Å². The zero-order valence-electron chi connectivity index (χ0n) is 12.6. The Hall–Kier alpha value is -1.61.